The Morgan fingerprint density at radius 1 is 0.854 bits per heavy atom. The first-order valence-corrected chi connectivity index (χ1v) is 13.6. The van der Waals surface area contributed by atoms with Crippen molar-refractivity contribution in [2.45, 2.75) is 72.6 Å². The maximum Gasteiger partial charge on any atom is 0.408 e. The summed E-state index contributed by atoms with van der Waals surface area (Å²) in [5, 5.41) is 5.72. The number of carbonyl (C=O) groups excluding carboxylic acids is 3. The van der Waals surface area contributed by atoms with Gasteiger partial charge in [0, 0.05) is 18.2 Å². The summed E-state index contributed by atoms with van der Waals surface area (Å²) in [5.41, 5.74) is 4.68. The minimum absolute atomic E-state index is 0.148. The third-order valence-electron chi connectivity index (χ3n) is 6.70. The van der Waals surface area contributed by atoms with Crippen LogP contribution in [0.25, 0.3) is 0 Å². The SMILES string of the molecule is C#CN(C(=O)C(Cc1ccccc1)NC(=O)OC(C)(C)C)C(C(=O)Nc1c(C)cccc1C)c1c(C)cccc1C. The van der Waals surface area contributed by atoms with E-state index in [2.05, 4.69) is 16.7 Å². The second-order valence-corrected chi connectivity index (χ2v) is 11.2. The summed E-state index contributed by atoms with van der Waals surface area (Å²) in [6.07, 6.45) is 5.39. The predicted molar refractivity (Wildman–Crippen MR) is 162 cm³/mol. The van der Waals surface area contributed by atoms with Gasteiger partial charge in [-0.05, 0) is 81.8 Å². The Balaban J connectivity index is 2.09. The van der Waals surface area contributed by atoms with Crippen molar-refractivity contribution in [3.8, 4) is 12.5 Å². The van der Waals surface area contributed by atoms with E-state index < -0.39 is 35.6 Å². The molecule has 2 N–H and O–H groups in total. The van der Waals surface area contributed by atoms with Gasteiger partial charge in [-0.3, -0.25) is 14.5 Å². The lowest BCUT2D eigenvalue weighted by atomic mass is 9.93. The topological polar surface area (TPSA) is 87.7 Å². The number of anilines is 1. The highest BCUT2D eigenvalue weighted by atomic mass is 16.6. The molecule has 0 fully saturated rings. The highest BCUT2D eigenvalue weighted by Gasteiger charge is 2.37. The molecule has 2 unspecified atom stereocenters. The van der Waals surface area contributed by atoms with Crippen molar-refractivity contribution in [3.05, 3.63) is 100 Å². The second kappa shape index (κ2) is 13.2. The van der Waals surface area contributed by atoms with Crippen LogP contribution in [0.15, 0.2) is 66.7 Å². The molecular formula is C34H39N3O4. The Morgan fingerprint density at radius 2 is 1.39 bits per heavy atom. The van der Waals surface area contributed by atoms with E-state index in [0.29, 0.717) is 11.3 Å². The van der Waals surface area contributed by atoms with Crippen molar-refractivity contribution in [1.82, 2.24) is 10.2 Å². The van der Waals surface area contributed by atoms with Crippen LogP contribution in [0, 0.1) is 40.2 Å². The molecule has 3 aromatic carbocycles. The number of carbonyl (C=O) groups is 3. The summed E-state index contributed by atoms with van der Waals surface area (Å²) in [6.45, 7) is 12.8. The largest absolute Gasteiger partial charge is 0.444 e. The molecule has 0 bridgehead atoms. The lowest BCUT2D eigenvalue weighted by Crippen LogP contribution is -2.52. The molecule has 3 rings (SSSR count). The van der Waals surface area contributed by atoms with Crippen molar-refractivity contribution < 1.29 is 19.1 Å². The van der Waals surface area contributed by atoms with E-state index in [1.807, 2.05) is 94.4 Å². The van der Waals surface area contributed by atoms with Crippen molar-refractivity contribution in [3.63, 3.8) is 0 Å². The number of rotatable bonds is 8. The lowest BCUT2D eigenvalue weighted by molar-refractivity contribution is -0.136. The van der Waals surface area contributed by atoms with Gasteiger partial charge in [-0.2, -0.15) is 0 Å². The summed E-state index contributed by atoms with van der Waals surface area (Å²) in [4.78, 5) is 42.3. The fourth-order valence-corrected chi connectivity index (χ4v) is 4.77. The minimum Gasteiger partial charge on any atom is -0.444 e. The minimum atomic E-state index is -1.16. The van der Waals surface area contributed by atoms with Gasteiger partial charge < -0.3 is 15.4 Å². The lowest BCUT2D eigenvalue weighted by Gasteiger charge is -2.32. The van der Waals surface area contributed by atoms with Gasteiger partial charge in [0.1, 0.15) is 17.7 Å². The fraction of sp³-hybridized carbons (Fsp3) is 0.324. The van der Waals surface area contributed by atoms with Crippen LogP contribution >= 0.6 is 0 Å². The third kappa shape index (κ3) is 7.98. The van der Waals surface area contributed by atoms with Crippen LogP contribution in [-0.2, 0) is 20.7 Å². The Morgan fingerprint density at radius 3 is 1.90 bits per heavy atom. The van der Waals surface area contributed by atoms with Crippen molar-refractivity contribution in [2.75, 3.05) is 5.32 Å². The van der Waals surface area contributed by atoms with E-state index >= 15 is 0 Å². The predicted octanol–water partition coefficient (Wildman–Crippen LogP) is 6.16. The van der Waals surface area contributed by atoms with Gasteiger partial charge in [0.2, 0.25) is 0 Å². The van der Waals surface area contributed by atoms with E-state index in [1.54, 1.807) is 20.8 Å². The van der Waals surface area contributed by atoms with E-state index in [4.69, 9.17) is 11.2 Å². The summed E-state index contributed by atoms with van der Waals surface area (Å²) in [6, 6.07) is 20.8. The van der Waals surface area contributed by atoms with Crippen LogP contribution in [-0.4, -0.2) is 34.5 Å². The molecule has 0 aromatic heterocycles. The number of aryl methyl sites for hydroxylation is 4. The molecule has 0 spiro atoms. The van der Waals surface area contributed by atoms with Gasteiger partial charge in [0.25, 0.3) is 11.8 Å². The zero-order chi connectivity index (χ0) is 30.3. The van der Waals surface area contributed by atoms with Crippen LogP contribution in [0.3, 0.4) is 0 Å². The average molecular weight is 554 g/mol. The van der Waals surface area contributed by atoms with Crippen molar-refractivity contribution >= 4 is 23.6 Å². The summed E-state index contributed by atoms with van der Waals surface area (Å²) < 4.78 is 5.45. The first-order chi connectivity index (χ1) is 19.3. The van der Waals surface area contributed by atoms with Crippen LogP contribution in [0.4, 0.5) is 10.5 Å². The molecule has 0 aliphatic rings. The number of ether oxygens (including phenoxy) is 1. The molecule has 7 nitrogen and oxygen atoms in total. The van der Waals surface area contributed by atoms with Crippen LogP contribution in [0.1, 0.15) is 60.2 Å². The third-order valence-corrected chi connectivity index (χ3v) is 6.70. The molecule has 0 saturated heterocycles. The zero-order valence-electron chi connectivity index (χ0n) is 24.9. The number of benzene rings is 3. The van der Waals surface area contributed by atoms with Crippen LogP contribution in [0.2, 0.25) is 0 Å². The number of terminal acetylenes is 1. The van der Waals surface area contributed by atoms with Gasteiger partial charge in [0.15, 0.2) is 0 Å². The van der Waals surface area contributed by atoms with E-state index in [9.17, 15) is 14.4 Å². The van der Waals surface area contributed by atoms with Gasteiger partial charge in [-0.15, -0.1) is 0 Å². The molecule has 41 heavy (non-hydrogen) atoms. The highest BCUT2D eigenvalue weighted by molar-refractivity contribution is 6.01. The van der Waals surface area contributed by atoms with Crippen LogP contribution < -0.4 is 10.6 Å². The Kier molecular flexibility index (Phi) is 9.96. The Bertz CT molecular complexity index is 1410. The second-order valence-electron chi connectivity index (χ2n) is 11.2. The molecule has 0 aliphatic carbocycles. The van der Waals surface area contributed by atoms with Gasteiger partial charge in [-0.1, -0.05) is 73.2 Å². The first-order valence-electron chi connectivity index (χ1n) is 13.6. The van der Waals surface area contributed by atoms with E-state index in [0.717, 1.165) is 32.7 Å². The smallest absolute Gasteiger partial charge is 0.408 e. The number of hydrogen-bond acceptors (Lipinski definition) is 4. The molecular weight excluding hydrogens is 514 g/mol. The van der Waals surface area contributed by atoms with Crippen molar-refractivity contribution in [2.24, 2.45) is 0 Å². The van der Waals surface area contributed by atoms with Crippen LogP contribution in [0.5, 0.6) is 0 Å². The monoisotopic (exact) mass is 553 g/mol. The molecule has 3 amide bonds. The maximum absolute atomic E-state index is 14.2. The molecule has 0 radical (unpaired) electrons. The normalized spacial score (nSPS) is 12.4. The molecule has 7 heteroatoms. The van der Waals surface area contributed by atoms with E-state index in [1.165, 1.54) is 0 Å². The fourth-order valence-electron chi connectivity index (χ4n) is 4.77. The number of nitrogens with zero attached hydrogens (tertiary/aromatic N) is 1. The number of para-hydroxylation sites is 1. The number of amides is 3. The summed E-state index contributed by atoms with van der Waals surface area (Å²) in [5.74, 6) is -1.06. The standard InChI is InChI=1S/C34H39N3O4/c1-9-37(32(39)27(21-26-19-11-10-12-20-26)35-33(40)41-34(6,7)8)30(28-22(2)15-13-16-23(28)3)31(38)36-29-24(4)17-14-18-25(29)5/h1,10-20,27,30H,21H2,2-8H3,(H,35,40)(H,36,38). The molecule has 3 aromatic rings. The molecule has 2 atom stereocenters. The van der Waals surface area contributed by atoms with Gasteiger partial charge in [0.05, 0.1) is 0 Å². The molecule has 214 valence electrons. The molecule has 0 heterocycles. The highest BCUT2D eigenvalue weighted by Crippen LogP contribution is 2.31. The summed E-state index contributed by atoms with van der Waals surface area (Å²) >= 11 is 0. The average Bonchev–Trinajstić information content (AvgIpc) is 2.89. The Hall–Kier alpha value is -4.57. The maximum atomic E-state index is 14.2. The van der Waals surface area contributed by atoms with Gasteiger partial charge >= 0.3 is 6.09 Å². The number of alkyl carbamates (subject to hydrolysis) is 1. The number of hydrogen-bond donors (Lipinski definition) is 2. The first kappa shape index (κ1) is 31.0. The summed E-state index contributed by atoms with van der Waals surface area (Å²) in [7, 11) is 0. The van der Waals surface area contributed by atoms with Crippen molar-refractivity contribution in [1.29, 1.82) is 0 Å². The van der Waals surface area contributed by atoms with E-state index in [-0.39, 0.29) is 6.42 Å². The van der Waals surface area contributed by atoms with Gasteiger partial charge in [-0.25, -0.2) is 4.79 Å². The Labute approximate surface area is 243 Å². The molecule has 0 saturated carbocycles. The quantitative estimate of drug-likeness (QED) is 0.259. The zero-order valence-corrected chi connectivity index (χ0v) is 24.9. The molecule has 0 aliphatic heterocycles. The number of nitrogens with one attached hydrogen (secondary N) is 2.